The number of benzene rings is 5. The standard InChI is InChI=1S/C52H35N5O/c1-32-22-29-46-44(30-32)57-52(58-46)37-31-45-49(35-18-10-4-11-19-35)42-26-25-40(54-42)47(33-14-6-2-7-15-33)38-23-24-39(53-38)48(34-16-8-3-9-17-34)41-27-28-43(55-41)50(51(37)56-45)36-20-12-5-13-21-36/h2-31,54-55H,1H3. The number of aromatic nitrogens is 5. The Balaban J connectivity index is 1.35. The van der Waals surface area contributed by atoms with Crippen LogP contribution in [0.15, 0.2) is 168 Å². The van der Waals surface area contributed by atoms with Crippen LogP contribution in [0.1, 0.15) is 34.2 Å². The topological polar surface area (TPSA) is 83.4 Å². The van der Waals surface area contributed by atoms with Crippen molar-refractivity contribution in [3.63, 3.8) is 0 Å². The third-order valence-electron chi connectivity index (χ3n) is 10.9. The van der Waals surface area contributed by atoms with Gasteiger partial charge in [-0.25, -0.2) is 15.0 Å². The number of aryl methyl sites for hydroxylation is 1. The summed E-state index contributed by atoms with van der Waals surface area (Å²) in [6, 6.07) is 56.6. The van der Waals surface area contributed by atoms with Gasteiger partial charge in [-0.2, -0.15) is 0 Å². The molecule has 11 rings (SSSR count). The first-order valence-corrected chi connectivity index (χ1v) is 19.4. The smallest absolute Gasteiger partial charge is 0.229 e. The average molecular weight is 746 g/mol. The molecule has 2 aliphatic rings. The normalized spacial score (nSPS) is 12.3. The molecule has 0 aliphatic carbocycles. The zero-order valence-electron chi connectivity index (χ0n) is 31.6. The van der Waals surface area contributed by atoms with Crippen molar-refractivity contribution in [1.29, 1.82) is 0 Å². The van der Waals surface area contributed by atoms with Crippen LogP contribution >= 0.6 is 0 Å². The number of fused-ring (bicyclic) bond motifs is 9. The molecule has 2 aliphatic heterocycles. The van der Waals surface area contributed by atoms with Crippen molar-refractivity contribution in [3.05, 3.63) is 198 Å². The van der Waals surface area contributed by atoms with Crippen LogP contribution in [0.5, 0.6) is 0 Å². The molecule has 274 valence electrons. The highest BCUT2D eigenvalue weighted by atomic mass is 16.3. The zero-order valence-corrected chi connectivity index (χ0v) is 31.6. The quantitative estimate of drug-likeness (QED) is 0.184. The Morgan fingerprint density at radius 1 is 0.431 bits per heavy atom. The monoisotopic (exact) mass is 745 g/mol. The number of H-pyrrole nitrogens is 2. The minimum Gasteiger partial charge on any atom is -0.436 e. The van der Waals surface area contributed by atoms with Gasteiger partial charge in [-0.3, -0.25) is 0 Å². The summed E-state index contributed by atoms with van der Waals surface area (Å²) in [5.74, 6) is 0.511. The second-order valence-electron chi connectivity index (χ2n) is 14.6. The molecule has 0 spiro atoms. The number of aromatic amines is 2. The number of hydrogen-bond donors (Lipinski definition) is 2. The Kier molecular flexibility index (Phi) is 7.93. The van der Waals surface area contributed by atoms with Crippen molar-refractivity contribution in [2.75, 3.05) is 0 Å². The van der Waals surface area contributed by atoms with Crippen LogP contribution in [0.4, 0.5) is 0 Å². The minimum atomic E-state index is 0.511. The van der Waals surface area contributed by atoms with Crippen LogP contribution < -0.4 is 0 Å². The Bertz CT molecular complexity index is 3260. The zero-order chi connectivity index (χ0) is 38.6. The maximum Gasteiger partial charge on any atom is 0.229 e. The molecule has 58 heavy (non-hydrogen) atoms. The lowest BCUT2D eigenvalue weighted by Gasteiger charge is -2.08. The van der Waals surface area contributed by atoms with Crippen LogP contribution in [-0.2, 0) is 0 Å². The van der Waals surface area contributed by atoms with Crippen molar-refractivity contribution in [2.45, 2.75) is 6.92 Å². The molecule has 6 nitrogen and oxygen atoms in total. The Morgan fingerprint density at radius 3 is 1.38 bits per heavy atom. The summed E-state index contributed by atoms with van der Waals surface area (Å²) in [6.45, 7) is 2.07. The van der Waals surface area contributed by atoms with Gasteiger partial charge in [0.15, 0.2) is 5.58 Å². The van der Waals surface area contributed by atoms with Gasteiger partial charge >= 0.3 is 0 Å². The van der Waals surface area contributed by atoms with Gasteiger partial charge in [-0.05, 0) is 89.4 Å². The first-order valence-electron chi connectivity index (χ1n) is 19.4. The largest absolute Gasteiger partial charge is 0.436 e. The number of nitrogens with one attached hydrogen (secondary N) is 2. The van der Waals surface area contributed by atoms with Crippen LogP contribution in [0.3, 0.4) is 0 Å². The lowest BCUT2D eigenvalue weighted by atomic mass is 9.99. The van der Waals surface area contributed by atoms with E-state index in [9.17, 15) is 0 Å². The molecule has 0 saturated heterocycles. The lowest BCUT2D eigenvalue weighted by Crippen LogP contribution is -1.92. The fraction of sp³-hybridized carbons (Fsp3) is 0.0192. The van der Waals surface area contributed by atoms with Gasteiger partial charge < -0.3 is 14.4 Å². The highest BCUT2D eigenvalue weighted by Gasteiger charge is 2.26. The Hall–Kier alpha value is -7.83. The van der Waals surface area contributed by atoms with Gasteiger partial charge in [0.05, 0.1) is 28.3 Å². The van der Waals surface area contributed by atoms with Crippen LogP contribution in [0, 0.1) is 6.92 Å². The van der Waals surface area contributed by atoms with Crippen LogP contribution in [-0.4, -0.2) is 24.9 Å². The maximum atomic E-state index is 6.60. The molecule has 2 N–H and O–H groups in total. The fourth-order valence-corrected chi connectivity index (χ4v) is 8.23. The minimum absolute atomic E-state index is 0.511. The summed E-state index contributed by atoms with van der Waals surface area (Å²) < 4.78 is 6.60. The third-order valence-corrected chi connectivity index (χ3v) is 10.9. The van der Waals surface area contributed by atoms with E-state index in [4.69, 9.17) is 19.4 Å². The van der Waals surface area contributed by atoms with Crippen molar-refractivity contribution in [2.24, 2.45) is 0 Å². The SMILES string of the molecule is Cc1ccc2oc(C3=Cc4nc3c(-c3ccccc3)c3ccc([nH]3)c(-c3ccccc3)c3nc(c(-c5ccccc5)c5ccc([nH]5)c4-c4ccccc4)C=C3)nc2c1. The summed E-state index contributed by atoms with van der Waals surface area (Å²) in [5, 5.41) is 0. The summed E-state index contributed by atoms with van der Waals surface area (Å²) in [4.78, 5) is 23.8. The third kappa shape index (κ3) is 5.78. The van der Waals surface area contributed by atoms with Gasteiger partial charge in [-0.1, -0.05) is 127 Å². The van der Waals surface area contributed by atoms with E-state index in [1.807, 2.05) is 30.3 Å². The van der Waals surface area contributed by atoms with Gasteiger partial charge in [0, 0.05) is 44.3 Å². The number of oxazole rings is 1. The maximum absolute atomic E-state index is 6.60. The summed E-state index contributed by atoms with van der Waals surface area (Å²) in [7, 11) is 0. The summed E-state index contributed by atoms with van der Waals surface area (Å²) in [5.41, 5.74) is 18.5. The molecule has 0 unspecified atom stereocenters. The van der Waals surface area contributed by atoms with Gasteiger partial charge in [0.1, 0.15) is 5.52 Å². The number of nitrogens with zero attached hydrogens (tertiary/aromatic N) is 3. The average Bonchev–Trinajstić information content (AvgIpc) is 4.13. The molecule has 8 bridgehead atoms. The molecular formula is C52H35N5O. The van der Waals surface area contributed by atoms with Gasteiger partial charge in [-0.15, -0.1) is 0 Å². The van der Waals surface area contributed by atoms with E-state index in [1.165, 1.54) is 0 Å². The van der Waals surface area contributed by atoms with E-state index < -0.39 is 0 Å². The molecule has 0 atom stereocenters. The van der Waals surface area contributed by atoms with Crippen LogP contribution in [0.25, 0.3) is 101 Å². The molecule has 0 saturated carbocycles. The molecule has 9 aromatic rings. The molecule has 0 radical (unpaired) electrons. The van der Waals surface area contributed by atoms with Crippen molar-refractivity contribution in [3.8, 4) is 44.5 Å². The molecule has 5 aromatic carbocycles. The molecule has 6 heteroatoms. The lowest BCUT2D eigenvalue weighted by molar-refractivity contribution is 0.585. The number of hydrogen-bond acceptors (Lipinski definition) is 4. The van der Waals surface area contributed by atoms with Gasteiger partial charge in [0.25, 0.3) is 0 Å². The van der Waals surface area contributed by atoms with E-state index in [0.29, 0.717) is 5.89 Å². The highest BCUT2D eigenvalue weighted by Crippen LogP contribution is 2.42. The molecular weight excluding hydrogens is 711 g/mol. The second-order valence-corrected chi connectivity index (χ2v) is 14.6. The first-order chi connectivity index (χ1) is 28.6. The van der Waals surface area contributed by atoms with Crippen molar-refractivity contribution >= 4 is 57.0 Å². The van der Waals surface area contributed by atoms with E-state index in [2.05, 4.69) is 169 Å². The molecule has 4 aromatic heterocycles. The van der Waals surface area contributed by atoms with Crippen LogP contribution in [0.2, 0.25) is 0 Å². The first kappa shape index (κ1) is 33.5. The van der Waals surface area contributed by atoms with Crippen molar-refractivity contribution < 1.29 is 4.42 Å². The second kappa shape index (κ2) is 13.7. The van der Waals surface area contributed by atoms with E-state index >= 15 is 0 Å². The highest BCUT2D eigenvalue weighted by molar-refractivity contribution is 6.04. The predicted octanol–water partition coefficient (Wildman–Crippen LogP) is 13.2. The van der Waals surface area contributed by atoms with Gasteiger partial charge in [0.2, 0.25) is 5.89 Å². The molecule has 0 fully saturated rings. The van der Waals surface area contributed by atoms with E-state index in [1.54, 1.807) is 0 Å². The van der Waals surface area contributed by atoms with Crippen molar-refractivity contribution in [1.82, 2.24) is 24.9 Å². The number of rotatable bonds is 5. The fourth-order valence-electron chi connectivity index (χ4n) is 8.23. The van der Waals surface area contributed by atoms with E-state index in [-0.39, 0.29) is 0 Å². The molecule has 6 heterocycles. The Morgan fingerprint density at radius 2 is 0.879 bits per heavy atom. The molecule has 0 amide bonds. The predicted molar refractivity (Wildman–Crippen MR) is 237 cm³/mol. The summed E-state index contributed by atoms with van der Waals surface area (Å²) in [6.07, 6.45) is 6.39. The summed E-state index contributed by atoms with van der Waals surface area (Å²) >= 11 is 0. The Labute approximate surface area is 334 Å². The van der Waals surface area contributed by atoms with E-state index in [0.717, 1.165) is 112 Å².